The minimum absolute atomic E-state index is 0.927. The minimum Gasteiger partial charge on any atom is -0.354 e. The summed E-state index contributed by atoms with van der Waals surface area (Å²) < 4.78 is 6.00. The highest BCUT2D eigenvalue weighted by Gasteiger charge is 2.34. The van der Waals surface area contributed by atoms with Crippen molar-refractivity contribution in [2.45, 2.75) is 0 Å². The molecule has 0 radical (unpaired) electrons. The van der Waals surface area contributed by atoms with Gasteiger partial charge in [-0.2, -0.15) is 0 Å². The first-order valence-corrected chi connectivity index (χ1v) is 40.4. The van der Waals surface area contributed by atoms with Crippen LogP contribution in [-0.4, -0.2) is 19.1 Å². The molecule has 0 atom stereocenters. The quantitative estimate of drug-likeness (QED) is 0.140. The molecule has 0 amide bonds. The third-order valence-corrected chi connectivity index (χ3v) is 22.7. The molecule has 0 saturated carbocycles. The molecular weight excluding hydrogens is 1490 g/mol. The van der Waals surface area contributed by atoms with Crippen molar-refractivity contribution in [3.8, 4) is 146 Å². The summed E-state index contributed by atoms with van der Waals surface area (Å²) in [7, 11) is 0. The molecule has 552 valence electrons. The van der Waals surface area contributed by atoms with E-state index in [2.05, 4.69) is 448 Å². The van der Waals surface area contributed by atoms with Crippen LogP contribution < -0.4 is 10.2 Å². The number of para-hydroxylation sites is 8. The topological polar surface area (TPSA) is 50.9 Å². The zero-order chi connectivity index (χ0) is 78.0. The van der Waals surface area contributed by atoms with Crippen LogP contribution in [-0.2, 0) is 0 Å². The molecule has 6 heterocycles. The van der Waals surface area contributed by atoms with E-state index in [0.29, 0.717) is 0 Å². The number of pyridine rings is 2. The van der Waals surface area contributed by atoms with Crippen molar-refractivity contribution in [2.75, 3.05) is 10.2 Å². The molecule has 0 aliphatic carbocycles. The summed E-state index contributed by atoms with van der Waals surface area (Å²) in [4.78, 5) is 12.7. The van der Waals surface area contributed by atoms with Crippen molar-refractivity contribution in [1.29, 1.82) is 0 Å². The summed E-state index contributed by atoms with van der Waals surface area (Å²) in [6.07, 6.45) is 0. The number of fused-ring (bicyclic) bond motifs is 14. The second-order valence-electron chi connectivity index (χ2n) is 29.3. The van der Waals surface area contributed by atoms with Crippen LogP contribution >= 0.6 is 15.9 Å². The predicted molar refractivity (Wildman–Crippen MR) is 493 cm³/mol. The number of benzene rings is 16. The predicted octanol–water partition coefficient (Wildman–Crippen LogP) is 30.3. The molecule has 0 bridgehead atoms. The maximum Gasteiger partial charge on any atom is 0.0716 e. The van der Waals surface area contributed by atoms with Gasteiger partial charge in [0.25, 0.3) is 0 Å². The Bertz CT molecular complexity index is 6890. The second kappa shape index (κ2) is 31.5. The first kappa shape index (κ1) is 71.0. The molecular formula is C110H75BrN6. The van der Waals surface area contributed by atoms with Crippen LogP contribution in [0.25, 0.3) is 167 Å². The molecule has 7 heteroatoms. The highest BCUT2D eigenvalue weighted by Crippen LogP contribution is 2.57. The van der Waals surface area contributed by atoms with Crippen molar-refractivity contribution in [1.82, 2.24) is 19.1 Å². The summed E-state index contributed by atoms with van der Waals surface area (Å²) in [6, 6.07) is 159. The van der Waals surface area contributed by atoms with Crippen molar-refractivity contribution in [3.63, 3.8) is 0 Å². The Morgan fingerprint density at radius 2 is 0.530 bits per heavy atom. The van der Waals surface area contributed by atoms with Crippen LogP contribution in [0.3, 0.4) is 0 Å². The van der Waals surface area contributed by atoms with Crippen molar-refractivity contribution < 1.29 is 0 Å². The Hall–Kier alpha value is -15.0. The fourth-order valence-corrected chi connectivity index (χ4v) is 17.3. The van der Waals surface area contributed by atoms with Crippen LogP contribution in [0.4, 0.5) is 28.4 Å². The van der Waals surface area contributed by atoms with Crippen LogP contribution in [0, 0.1) is 0 Å². The van der Waals surface area contributed by atoms with E-state index in [1.165, 1.54) is 94.4 Å². The van der Waals surface area contributed by atoms with Gasteiger partial charge in [-0.25, -0.2) is 9.97 Å². The van der Waals surface area contributed by atoms with E-state index in [4.69, 9.17) is 9.97 Å². The van der Waals surface area contributed by atoms with Gasteiger partial charge in [0.1, 0.15) is 0 Å². The summed E-state index contributed by atoms with van der Waals surface area (Å²) in [5.74, 6) is 0. The SMILES string of the molecule is Brc1cccc(-c2cc(-c3ccccc3)cc(-c3ccccc3)n2)c1.c1ccc(-c2cc(-c3ccccc3)nc(-c3cccc(N4c5ccccc5-c5c(n(-c6ccccc6)c6c(-c7ccccc7)cccc56)-c5ccccc54)c3)c2)cc1.c1ccc(-c2cccc3c4c(n(-c5ccccc5)c23)-c2ccccc2Nc2ccccc2-4)cc1. The average molecular weight is 1560 g/mol. The maximum atomic E-state index is 5.31. The highest BCUT2D eigenvalue weighted by atomic mass is 79.9. The fourth-order valence-electron chi connectivity index (χ4n) is 16.9. The van der Waals surface area contributed by atoms with Gasteiger partial charge < -0.3 is 19.4 Å². The number of rotatable bonds is 11. The molecule has 2 aliphatic heterocycles. The number of halogens is 1. The van der Waals surface area contributed by atoms with Gasteiger partial charge in [0.05, 0.1) is 56.6 Å². The van der Waals surface area contributed by atoms with Crippen LogP contribution in [0.15, 0.2) is 453 Å². The number of nitrogens with one attached hydrogen (secondary N) is 1. The molecule has 22 rings (SSSR count). The van der Waals surface area contributed by atoms with E-state index < -0.39 is 0 Å². The van der Waals surface area contributed by atoms with Gasteiger partial charge in [-0.1, -0.05) is 368 Å². The smallest absolute Gasteiger partial charge is 0.0716 e. The van der Waals surface area contributed by atoms with Gasteiger partial charge in [0, 0.05) is 110 Å². The Kier molecular flexibility index (Phi) is 19.1. The second-order valence-corrected chi connectivity index (χ2v) is 30.2. The molecule has 0 fully saturated rings. The van der Waals surface area contributed by atoms with E-state index in [0.717, 1.165) is 106 Å². The van der Waals surface area contributed by atoms with E-state index in [-0.39, 0.29) is 0 Å². The number of nitrogens with zero attached hydrogens (tertiary/aromatic N) is 5. The Morgan fingerprint density at radius 3 is 1.01 bits per heavy atom. The van der Waals surface area contributed by atoms with Crippen LogP contribution in [0.5, 0.6) is 0 Å². The highest BCUT2D eigenvalue weighted by molar-refractivity contribution is 9.10. The lowest BCUT2D eigenvalue weighted by Crippen LogP contribution is -2.11. The lowest BCUT2D eigenvalue weighted by atomic mass is 9.96. The standard InChI is InChI=1S/C55H37N3.C32H22N2.C23H16BrN/c1-5-19-38(20-6-1)42-36-49(40-23-9-3-10-24-40)56-50(37-42)41-25-17-28-44(35-41)57-51-33-15-13-29-46(51)53-48-32-18-31-45(39-21-7-2-8-22-39)54(48)58(43-26-11-4-12-27-43)55(53)47-30-14-16-34-52(47)57;1-3-12-22(13-4-1)24-18-11-19-27-30-25-16-7-9-20-28(25)33-29-21-10-8-17-26(29)32(30)34(31(24)27)23-14-5-2-6-15-23;24-21-13-7-12-19(14-21)23-16-20(17-8-3-1-4-9-17)15-22(25-23)18-10-5-2-6-11-18/h1-37H;1-21,33H;1-16H. The van der Waals surface area contributed by atoms with Crippen molar-refractivity contribution in [3.05, 3.63) is 453 Å². The molecule has 0 unspecified atom stereocenters. The Labute approximate surface area is 689 Å². The first-order chi connectivity index (χ1) is 58.0. The molecule has 117 heavy (non-hydrogen) atoms. The van der Waals surface area contributed by atoms with E-state index in [1.54, 1.807) is 0 Å². The molecule has 0 spiro atoms. The molecule has 4 aromatic heterocycles. The van der Waals surface area contributed by atoms with Gasteiger partial charge >= 0.3 is 0 Å². The Morgan fingerprint density at radius 1 is 0.214 bits per heavy atom. The number of hydrogen-bond acceptors (Lipinski definition) is 4. The molecule has 16 aromatic carbocycles. The number of aromatic nitrogens is 4. The van der Waals surface area contributed by atoms with Gasteiger partial charge in [0.2, 0.25) is 0 Å². The monoisotopic (exact) mass is 1560 g/mol. The molecule has 20 aromatic rings. The average Bonchev–Trinajstić information content (AvgIpc) is 1.55. The van der Waals surface area contributed by atoms with Crippen molar-refractivity contribution >= 4 is 66.2 Å². The summed E-state index contributed by atoms with van der Waals surface area (Å²) in [5, 5.41) is 6.18. The maximum absolute atomic E-state index is 5.31. The summed E-state index contributed by atoms with van der Waals surface area (Å²) in [6.45, 7) is 0. The summed E-state index contributed by atoms with van der Waals surface area (Å²) in [5.41, 5.74) is 37.6. The van der Waals surface area contributed by atoms with Crippen LogP contribution in [0.2, 0.25) is 0 Å². The largest absolute Gasteiger partial charge is 0.354 e. The van der Waals surface area contributed by atoms with E-state index >= 15 is 0 Å². The third kappa shape index (κ3) is 13.7. The van der Waals surface area contributed by atoms with E-state index in [1.807, 2.05) is 36.4 Å². The van der Waals surface area contributed by atoms with Gasteiger partial charge in [0.15, 0.2) is 0 Å². The van der Waals surface area contributed by atoms with Crippen LogP contribution in [0.1, 0.15) is 0 Å². The molecule has 0 saturated heterocycles. The fraction of sp³-hybridized carbons (Fsp3) is 0. The zero-order valence-corrected chi connectivity index (χ0v) is 65.4. The minimum atomic E-state index is 0.927. The third-order valence-electron chi connectivity index (χ3n) is 22.2. The molecule has 1 N–H and O–H groups in total. The molecule has 6 nitrogen and oxygen atoms in total. The number of anilines is 5. The molecule has 2 aliphatic rings. The first-order valence-electron chi connectivity index (χ1n) is 39.6. The van der Waals surface area contributed by atoms with Gasteiger partial charge in [-0.3, -0.25) is 0 Å². The normalized spacial score (nSPS) is 11.5. The lowest BCUT2D eigenvalue weighted by molar-refractivity contribution is 1.13. The van der Waals surface area contributed by atoms with Crippen molar-refractivity contribution in [2.24, 2.45) is 0 Å². The lowest BCUT2D eigenvalue weighted by Gasteiger charge is -2.28. The number of hydrogen-bond donors (Lipinski definition) is 1. The van der Waals surface area contributed by atoms with Gasteiger partial charge in [-0.05, 0) is 130 Å². The zero-order valence-electron chi connectivity index (χ0n) is 63.8. The van der Waals surface area contributed by atoms with E-state index in [9.17, 15) is 0 Å². The summed E-state index contributed by atoms with van der Waals surface area (Å²) >= 11 is 3.56. The van der Waals surface area contributed by atoms with Gasteiger partial charge in [-0.15, -0.1) is 0 Å². The Balaban J connectivity index is 0.000000126.